The SMILES string of the molecule is [2H]C([2H])([2H])c1ccccc1-c1cc(-c2c(C)cnc3c2oc2c(-c4ccccc4)c([N+]#[C-])ccc23)[n+](C)cc1C([2H])([2H])[2H]. The van der Waals surface area contributed by atoms with Crippen LogP contribution in [-0.4, -0.2) is 4.98 Å². The standard InChI is InChI=1S/C33H26N3O/c1-20-11-9-10-14-24(20)26-17-28(36(5)19-22(26)3)29-21(2)18-35-31-25-15-16-27(34-4)30(32(25)37-33(29)31)23-12-7-6-8-13-23/h6-19H,1-3,5H3/q+1/i1D3,3D3. The predicted molar refractivity (Wildman–Crippen MR) is 149 cm³/mol. The van der Waals surface area contributed by atoms with Gasteiger partial charge in [-0.1, -0.05) is 66.7 Å². The van der Waals surface area contributed by atoms with Crippen LogP contribution in [-0.2, 0) is 7.05 Å². The minimum Gasteiger partial charge on any atom is -0.454 e. The monoisotopic (exact) mass is 486 g/mol. The van der Waals surface area contributed by atoms with Crippen molar-refractivity contribution in [1.29, 1.82) is 0 Å². The maximum Gasteiger partial charge on any atom is 0.217 e. The summed E-state index contributed by atoms with van der Waals surface area (Å²) in [4.78, 5) is 8.47. The molecular formula is C33H26N3O+. The van der Waals surface area contributed by atoms with E-state index in [1.807, 2.05) is 43.3 Å². The van der Waals surface area contributed by atoms with Gasteiger partial charge in [-0.25, -0.2) is 9.41 Å². The molecule has 0 fully saturated rings. The lowest BCUT2D eigenvalue weighted by atomic mass is 9.95. The molecule has 4 heteroatoms. The molecule has 0 spiro atoms. The number of furan rings is 1. The summed E-state index contributed by atoms with van der Waals surface area (Å²) < 4.78 is 57.5. The van der Waals surface area contributed by atoms with Gasteiger partial charge in [0.1, 0.15) is 18.1 Å². The molecule has 37 heavy (non-hydrogen) atoms. The molecule has 0 N–H and O–H groups in total. The van der Waals surface area contributed by atoms with Crippen LogP contribution in [0.1, 0.15) is 24.9 Å². The molecule has 6 rings (SSSR count). The molecule has 0 atom stereocenters. The van der Waals surface area contributed by atoms with Crippen LogP contribution in [0.2, 0.25) is 0 Å². The van der Waals surface area contributed by atoms with Crippen molar-refractivity contribution in [3.8, 4) is 33.5 Å². The minimum absolute atomic E-state index is 0.0380. The van der Waals surface area contributed by atoms with Crippen LogP contribution in [0.25, 0.3) is 60.4 Å². The highest BCUT2D eigenvalue weighted by atomic mass is 16.3. The van der Waals surface area contributed by atoms with Crippen molar-refractivity contribution in [2.24, 2.45) is 7.05 Å². The molecule has 3 aromatic heterocycles. The quantitative estimate of drug-likeness (QED) is 0.186. The van der Waals surface area contributed by atoms with E-state index >= 15 is 0 Å². The lowest BCUT2D eigenvalue weighted by Gasteiger charge is -2.11. The van der Waals surface area contributed by atoms with Crippen LogP contribution in [0.15, 0.2) is 89.6 Å². The number of fused-ring (bicyclic) bond motifs is 3. The smallest absolute Gasteiger partial charge is 0.217 e. The Morgan fingerprint density at radius 2 is 1.65 bits per heavy atom. The molecule has 178 valence electrons. The summed E-state index contributed by atoms with van der Waals surface area (Å²) in [5, 5.41) is 0.747. The summed E-state index contributed by atoms with van der Waals surface area (Å²) in [5.41, 5.74) is 6.43. The number of hydrogen-bond acceptors (Lipinski definition) is 2. The molecule has 0 aliphatic heterocycles. The van der Waals surface area contributed by atoms with Crippen LogP contribution >= 0.6 is 0 Å². The Hall–Kier alpha value is -4.75. The number of rotatable bonds is 3. The Labute approximate surface area is 224 Å². The Morgan fingerprint density at radius 3 is 2.43 bits per heavy atom. The highest BCUT2D eigenvalue weighted by Crippen LogP contribution is 2.43. The molecule has 0 aliphatic rings. The molecule has 0 amide bonds. The molecule has 0 aliphatic carbocycles. The fourth-order valence-electron chi connectivity index (χ4n) is 4.97. The molecule has 0 saturated heterocycles. The molecule has 6 aromatic rings. The van der Waals surface area contributed by atoms with E-state index in [2.05, 4.69) is 4.85 Å². The largest absolute Gasteiger partial charge is 0.454 e. The Balaban J connectivity index is 1.71. The van der Waals surface area contributed by atoms with Gasteiger partial charge in [-0.15, -0.1) is 0 Å². The second-order valence-corrected chi connectivity index (χ2v) is 9.05. The molecule has 3 heterocycles. The number of aromatic nitrogens is 2. The van der Waals surface area contributed by atoms with Crippen LogP contribution in [0.4, 0.5) is 5.69 Å². The number of aryl methyl sites for hydroxylation is 4. The van der Waals surface area contributed by atoms with E-state index in [9.17, 15) is 0 Å². The summed E-state index contributed by atoms with van der Waals surface area (Å²) in [5.74, 6) is 0. The molecule has 4 nitrogen and oxygen atoms in total. The third-order valence-electron chi connectivity index (χ3n) is 6.75. The van der Waals surface area contributed by atoms with E-state index in [0.29, 0.717) is 50.3 Å². The molecular weight excluding hydrogens is 454 g/mol. The molecule has 3 aromatic carbocycles. The molecule has 0 bridgehead atoms. The fraction of sp³-hybridized carbons (Fsp3) is 0.121. The van der Waals surface area contributed by atoms with Gasteiger partial charge in [-0.05, 0) is 48.4 Å². The summed E-state index contributed by atoms with van der Waals surface area (Å²) in [7, 11) is 1.75. The predicted octanol–water partition coefficient (Wildman–Crippen LogP) is 8.28. The van der Waals surface area contributed by atoms with Crippen LogP contribution in [0.3, 0.4) is 0 Å². The van der Waals surface area contributed by atoms with Gasteiger partial charge in [-0.2, -0.15) is 0 Å². The lowest BCUT2D eigenvalue weighted by Crippen LogP contribution is -2.31. The van der Waals surface area contributed by atoms with E-state index in [4.69, 9.17) is 24.2 Å². The first-order valence-corrected chi connectivity index (χ1v) is 11.8. The van der Waals surface area contributed by atoms with Crippen molar-refractivity contribution in [3.05, 3.63) is 113 Å². The summed E-state index contributed by atoms with van der Waals surface area (Å²) in [6.07, 6.45) is 3.28. The Bertz CT molecular complexity index is 2090. The van der Waals surface area contributed by atoms with Crippen LogP contribution in [0, 0.1) is 27.2 Å². The van der Waals surface area contributed by atoms with Gasteiger partial charge >= 0.3 is 0 Å². The maximum atomic E-state index is 8.28. The van der Waals surface area contributed by atoms with Gasteiger partial charge in [0.15, 0.2) is 17.5 Å². The van der Waals surface area contributed by atoms with Crippen molar-refractivity contribution in [2.45, 2.75) is 20.6 Å². The van der Waals surface area contributed by atoms with Gasteiger partial charge in [0.2, 0.25) is 5.69 Å². The van der Waals surface area contributed by atoms with Crippen LogP contribution in [0.5, 0.6) is 0 Å². The first-order valence-electron chi connectivity index (χ1n) is 14.8. The number of nitrogens with zero attached hydrogens (tertiary/aromatic N) is 3. The topological polar surface area (TPSA) is 34.3 Å². The maximum absolute atomic E-state index is 8.28. The Morgan fingerprint density at radius 1 is 0.865 bits per heavy atom. The van der Waals surface area contributed by atoms with Gasteiger partial charge in [0.25, 0.3) is 0 Å². The van der Waals surface area contributed by atoms with Gasteiger partial charge in [0.05, 0.1) is 12.1 Å². The van der Waals surface area contributed by atoms with E-state index in [1.54, 1.807) is 48.1 Å². The lowest BCUT2D eigenvalue weighted by molar-refractivity contribution is -0.660. The van der Waals surface area contributed by atoms with E-state index in [0.717, 1.165) is 16.5 Å². The first-order chi connectivity index (χ1) is 20.4. The van der Waals surface area contributed by atoms with Gasteiger partial charge < -0.3 is 4.42 Å². The zero-order chi connectivity index (χ0) is 30.7. The van der Waals surface area contributed by atoms with Crippen molar-refractivity contribution in [2.75, 3.05) is 0 Å². The summed E-state index contributed by atoms with van der Waals surface area (Å²) >= 11 is 0. The minimum atomic E-state index is -2.50. The van der Waals surface area contributed by atoms with E-state index in [-0.39, 0.29) is 11.1 Å². The molecule has 0 saturated carbocycles. The average molecular weight is 487 g/mol. The van der Waals surface area contributed by atoms with E-state index < -0.39 is 13.7 Å². The number of benzene rings is 3. The molecule has 0 unspecified atom stereocenters. The highest BCUT2D eigenvalue weighted by Gasteiger charge is 2.25. The van der Waals surface area contributed by atoms with Gasteiger partial charge in [-0.3, -0.25) is 4.98 Å². The van der Waals surface area contributed by atoms with Crippen molar-refractivity contribution >= 4 is 27.8 Å². The number of hydrogen-bond donors (Lipinski definition) is 0. The van der Waals surface area contributed by atoms with Crippen LogP contribution < -0.4 is 4.57 Å². The fourth-order valence-corrected chi connectivity index (χ4v) is 4.97. The van der Waals surface area contributed by atoms with E-state index in [1.165, 1.54) is 12.3 Å². The van der Waals surface area contributed by atoms with Crippen molar-refractivity contribution in [3.63, 3.8) is 0 Å². The third kappa shape index (κ3) is 3.59. The van der Waals surface area contributed by atoms with Crippen molar-refractivity contribution < 1.29 is 17.2 Å². The molecule has 0 radical (unpaired) electrons. The second-order valence-electron chi connectivity index (χ2n) is 9.05. The zero-order valence-corrected chi connectivity index (χ0v) is 20.3. The summed E-state index contributed by atoms with van der Waals surface area (Å²) in [6, 6.07) is 21.4. The number of pyridine rings is 2. The van der Waals surface area contributed by atoms with Crippen molar-refractivity contribution in [1.82, 2.24) is 4.98 Å². The Kier molecular flexibility index (Phi) is 3.97. The second kappa shape index (κ2) is 8.72. The first kappa shape index (κ1) is 16.8. The van der Waals surface area contributed by atoms with Gasteiger partial charge in [0, 0.05) is 37.0 Å². The zero-order valence-electron chi connectivity index (χ0n) is 26.3. The summed E-state index contributed by atoms with van der Waals surface area (Å²) in [6.45, 7) is 4.74. The third-order valence-corrected chi connectivity index (χ3v) is 6.75. The normalized spacial score (nSPS) is 14.3. The average Bonchev–Trinajstić information content (AvgIpc) is 3.35. The highest BCUT2D eigenvalue weighted by molar-refractivity contribution is 6.13.